The summed E-state index contributed by atoms with van der Waals surface area (Å²) in [4.78, 5) is 12.2. The highest BCUT2D eigenvalue weighted by Gasteiger charge is 2.08. The van der Waals surface area contributed by atoms with Gasteiger partial charge in [-0.2, -0.15) is 5.10 Å². The number of fused-ring (bicyclic) bond motifs is 1. The topological polar surface area (TPSA) is 70.9 Å². The third-order valence-corrected chi connectivity index (χ3v) is 4.15. The summed E-state index contributed by atoms with van der Waals surface area (Å²) < 4.78 is 5.91. The van der Waals surface area contributed by atoms with Crippen molar-refractivity contribution in [1.82, 2.24) is 5.43 Å². The summed E-state index contributed by atoms with van der Waals surface area (Å²) >= 11 is 0. The number of nitrogens with one attached hydrogen (secondary N) is 1. The Morgan fingerprint density at radius 2 is 2.00 bits per heavy atom. The summed E-state index contributed by atoms with van der Waals surface area (Å²) in [6.45, 7) is 2.74. The van der Waals surface area contributed by atoms with Crippen LogP contribution in [0.3, 0.4) is 0 Å². The van der Waals surface area contributed by atoms with Crippen LogP contribution in [0.25, 0.3) is 10.8 Å². The van der Waals surface area contributed by atoms with Gasteiger partial charge in [0.25, 0.3) is 5.91 Å². The first kappa shape index (κ1) is 18.5. The first-order valence-electron chi connectivity index (χ1n) is 8.96. The lowest BCUT2D eigenvalue weighted by Gasteiger charge is -2.11. The van der Waals surface area contributed by atoms with Crippen molar-refractivity contribution in [2.45, 2.75) is 19.8 Å². The Morgan fingerprint density at radius 3 is 2.81 bits per heavy atom. The summed E-state index contributed by atoms with van der Waals surface area (Å²) in [6, 6.07) is 18.0. The van der Waals surface area contributed by atoms with E-state index in [0.29, 0.717) is 12.2 Å². The molecule has 0 aromatic heterocycles. The molecule has 3 rings (SSSR count). The summed E-state index contributed by atoms with van der Waals surface area (Å²) in [5.74, 6) is 0.376. The van der Waals surface area contributed by atoms with E-state index < -0.39 is 5.91 Å². The quantitative estimate of drug-likeness (QED) is 0.370. The molecule has 0 aliphatic carbocycles. The van der Waals surface area contributed by atoms with Crippen molar-refractivity contribution in [1.29, 1.82) is 0 Å². The normalized spacial score (nSPS) is 11.0. The lowest BCUT2D eigenvalue weighted by molar-refractivity contribution is 0.0954. The first-order valence-corrected chi connectivity index (χ1v) is 8.96. The molecule has 5 nitrogen and oxygen atoms in total. The van der Waals surface area contributed by atoms with Crippen LogP contribution in [-0.2, 0) is 0 Å². The highest BCUT2D eigenvalue weighted by molar-refractivity contribution is 6.03. The Morgan fingerprint density at radius 1 is 1.15 bits per heavy atom. The van der Waals surface area contributed by atoms with Crippen LogP contribution in [0.1, 0.15) is 35.7 Å². The number of phenolic OH excluding ortho intramolecular Hbond substituents is 1. The van der Waals surface area contributed by atoms with E-state index in [4.69, 9.17) is 4.74 Å². The molecule has 0 unspecified atom stereocenters. The van der Waals surface area contributed by atoms with Crippen LogP contribution in [-0.4, -0.2) is 23.8 Å². The number of benzene rings is 3. The van der Waals surface area contributed by atoms with Crippen LogP contribution in [0, 0.1) is 0 Å². The Kier molecular flexibility index (Phi) is 6.05. The van der Waals surface area contributed by atoms with E-state index in [1.165, 1.54) is 12.1 Å². The number of carbonyl (C=O) groups excluding carboxylic acids is 1. The molecule has 2 N–H and O–H groups in total. The number of hydrogen-bond acceptors (Lipinski definition) is 4. The Labute approximate surface area is 158 Å². The van der Waals surface area contributed by atoms with E-state index in [2.05, 4.69) is 17.5 Å². The number of hydrazone groups is 1. The second-order valence-corrected chi connectivity index (χ2v) is 6.15. The molecule has 0 aliphatic heterocycles. The van der Waals surface area contributed by atoms with Gasteiger partial charge in [-0.25, -0.2) is 5.43 Å². The maximum absolute atomic E-state index is 12.2. The molecule has 3 aromatic rings. The molecule has 5 heteroatoms. The van der Waals surface area contributed by atoms with Crippen LogP contribution in [0.4, 0.5) is 0 Å². The zero-order chi connectivity index (χ0) is 19.1. The van der Waals surface area contributed by atoms with Gasteiger partial charge in [-0.3, -0.25) is 4.79 Å². The fourth-order valence-electron chi connectivity index (χ4n) is 2.73. The van der Waals surface area contributed by atoms with Gasteiger partial charge >= 0.3 is 0 Å². The smallest absolute Gasteiger partial charge is 0.271 e. The number of aromatic hydroxyl groups is 1. The first-order chi connectivity index (χ1) is 13.2. The van der Waals surface area contributed by atoms with Crippen molar-refractivity contribution in [2.24, 2.45) is 5.10 Å². The van der Waals surface area contributed by atoms with Crippen molar-refractivity contribution in [3.63, 3.8) is 0 Å². The van der Waals surface area contributed by atoms with Gasteiger partial charge in [-0.05, 0) is 41.5 Å². The highest BCUT2D eigenvalue weighted by atomic mass is 16.5. The number of rotatable bonds is 7. The molecule has 0 heterocycles. The van der Waals surface area contributed by atoms with Crippen LogP contribution in [0.15, 0.2) is 65.8 Å². The number of nitrogens with zero attached hydrogens (tertiary/aromatic N) is 1. The minimum atomic E-state index is -0.393. The Hall–Kier alpha value is -3.34. The largest absolute Gasteiger partial charge is 0.508 e. The minimum absolute atomic E-state index is 0.0345. The van der Waals surface area contributed by atoms with E-state index in [0.717, 1.165) is 34.9 Å². The second-order valence-electron chi connectivity index (χ2n) is 6.15. The fraction of sp³-hybridized carbons (Fsp3) is 0.182. The van der Waals surface area contributed by atoms with Crippen LogP contribution in [0.2, 0.25) is 0 Å². The van der Waals surface area contributed by atoms with Gasteiger partial charge in [-0.1, -0.05) is 49.7 Å². The monoisotopic (exact) mass is 362 g/mol. The predicted molar refractivity (Wildman–Crippen MR) is 108 cm³/mol. The van der Waals surface area contributed by atoms with Gasteiger partial charge in [-0.15, -0.1) is 0 Å². The van der Waals surface area contributed by atoms with Gasteiger partial charge in [0.2, 0.25) is 0 Å². The van der Waals surface area contributed by atoms with Crippen molar-refractivity contribution < 1.29 is 14.6 Å². The number of ether oxygens (including phenoxy) is 1. The molecule has 138 valence electrons. The Bertz CT molecular complexity index is 967. The van der Waals surface area contributed by atoms with Crippen molar-refractivity contribution >= 4 is 22.9 Å². The molecule has 0 saturated heterocycles. The average Bonchev–Trinajstić information content (AvgIpc) is 2.69. The number of amides is 1. The predicted octanol–water partition coefficient (Wildman–Crippen LogP) is 4.49. The summed E-state index contributed by atoms with van der Waals surface area (Å²) in [6.07, 6.45) is 3.62. The standard InChI is InChI=1S/C22H22N2O3/c1-2-3-13-27-21-12-11-16-7-4-5-10-19(16)20(21)15-23-24-22(26)17-8-6-9-18(25)14-17/h4-12,14-15,25H,2-3,13H2,1H3,(H,24,26)/b23-15+. The van der Waals surface area contributed by atoms with E-state index >= 15 is 0 Å². The third-order valence-electron chi connectivity index (χ3n) is 4.15. The second kappa shape index (κ2) is 8.85. The molecule has 0 fully saturated rings. The molecule has 0 spiro atoms. The zero-order valence-electron chi connectivity index (χ0n) is 15.2. The van der Waals surface area contributed by atoms with Crippen LogP contribution < -0.4 is 10.2 Å². The SMILES string of the molecule is CCCCOc1ccc2ccccc2c1/C=N/NC(=O)c1cccc(O)c1. The van der Waals surface area contributed by atoms with Gasteiger partial charge in [0, 0.05) is 11.1 Å². The Balaban J connectivity index is 1.84. The van der Waals surface area contributed by atoms with Crippen LogP contribution >= 0.6 is 0 Å². The number of phenols is 1. The third kappa shape index (κ3) is 4.64. The van der Waals surface area contributed by atoms with Crippen LogP contribution in [0.5, 0.6) is 11.5 Å². The number of unbranched alkanes of at least 4 members (excludes halogenated alkanes) is 1. The van der Waals surface area contributed by atoms with E-state index in [1.807, 2.05) is 36.4 Å². The van der Waals surface area contributed by atoms with Gasteiger partial charge < -0.3 is 9.84 Å². The molecule has 3 aromatic carbocycles. The average molecular weight is 362 g/mol. The van der Waals surface area contributed by atoms with E-state index in [9.17, 15) is 9.90 Å². The summed E-state index contributed by atoms with van der Waals surface area (Å²) in [5.41, 5.74) is 3.65. The maximum atomic E-state index is 12.2. The number of carbonyl (C=O) groups is 1. The maximum Gasteiger partial charge on any atom is 0.271 e. The molecule has 0 atom stereocenters. The molecule has 27 heavy (non-hydrogen) atoms. The molecule has 0 aliphatic rings. The van der Waals surface area contributed by atoms with Crippen molar-refractivity contribution in [2.75, 3.05) is 6.61 Å². The van der Waals surface area contributed by atoms with Gasteiger partial charge in [0.05, 0.1) is 12.8 Å². The lowest BCUT2D eigenvalue weighted by Crippen LogP contribution is -2.17. The molecular formula is C22H22N2O3. The van der Waals surface area contributed by atoms with E-state index in [1.54, 1.807) is 18.3 Å². The fourth-order valence-corrected chi connectivity index (χ4v) is 2.73. The summed E-state index contributed by atoms with van der Waals surface area (Å²) in [7, 11) is 0. The molecule has 0 saturated carbocycles. The van der Waals surface area contributed by atoms with Gasteiger partial charge in [0.15, 0.2) is 0 Å². The zero-order valence-corrected chi connectivity index (χ0v) is 15.2. The molecular weight excluding hydrogens is 340 g/mol. The van der Waals surface area contributed by atoms with Crippen molar-refractivity contribution in [3.8, 4) is 11.5 Å². The van der Waals surface area contributed by atoms with E-state index in [-0.39, 0.29) is 5.75 Å². The molecule has 0 radical (unpaired) electrons. The van der Waals surface area contributed by atoms with Gasteiger partial charge in [0.1, 0.15) is 11.5 Å². The minimum Gasteiger partial charge on any atom is -0.508 e. The highest BCUT2D eigenvalue weighted by Crippen LogP contribution is 2.27. The molecule has 0 bridgehead atoms. The van der Waals surface area contributed by atoms with Crippen molar-refractivity contribution in [3.05, 3.63) is 71.8 Å². The number of hydrogen-bond donors (Lipinski definition) is 2. The molecule has 1 amide bonds. The lowest BCUT2D eigenvalue weighted by atomic mass is 10.0. The summed E-state index contributed by atoms with van der Waals surface area (Å²) in [5, 5.41) is 15.7.